The number of hydrogen-bond donors (Lipinski definition) is 2. The zero-order valence-electron chi connectivity index (χ0n) is 12.8. The molecule has 1 unspecified atom stereocenters. The molecule has 0 spiro atoms. The smallest absolute Gasteiger partial charge is 0.295 e. The number of nitro benzene ring substituents is 1. The Morgan fingerprint density at radius 2 is 2.32 bits per heavy atom. The van der Waals surface area contributed by atoms with Crippen molar-refractivity contribution >= 4 is 23.0 Å². The monoisotopic (exact) mass is 328 g/mol. The lowest BCUT2D eigenvalue weighted by Gasteiger charge is -2.17. The number of halogens is 1. The van der Waals surface area contributed by atoms with Gasteiger partial charge in [0.2, 0.25) is 0 Å². The number of nitro groups is 1. The molecule has 1 atom stereocenters. The van der Waals surface area contributed by atoms with Crippen molar-refractivity contribution in [2.45, 2.75) is 12.3 Å². The average molecular weight is 329 g/mol. The molecule has 0 saturated carbocycles. The zero-order chi connectivity index (χ0) is 16.1. The van der Waals surface area contributed by atoms with Crippen molar-refractivity contribution in [1.29, 1.82) is 0 Å². The fourth-order valence-corrected chi connectivity index (χ4v) is 3.10. The Hall–Kier alpha value is -1.41. The highest BCUT2D eigenvalue weighted by Gasteiger charge is 2.27. The van der Waals surface area contributed by atoms with Gasteiger partial charge in [-0.25, -0.2) is 5.43 Å². The van der Waals surface area contributed by atoms with Gasteiger partial charge in [-0.1, -0.05) is 11.6 Å². The number of nitrogens with one attached hydrogen (secondary N) is 2. The Morgan fingerprint density at radius 1 is 1.55 bits per heavy atom. The first-order valence-corrected chi connectivity index (χ1v) is 7.56. The largest absolute Gasteiger partial charge is 0.383 e. The van der Waals surface area contributed by atoms with Crippen LogP contribution in [-0.2, 0) is 4.74 Å². The Morgan fingerprint density at radius 3 is 2.95 bits per heavy atom. The molecule has 1 fully saturated rings. The summed E-state index contributed by atoms with van der Waals surface area (Å²) in [5.74, 6) is 0.280. The highest BCUT2D eigenvalue weighted by Crippen LogP contribution is 2.38. The summed E-state index contributed by atoms with van der Waals surface area (Å²) in [4.78, 5) is 13.0. The summed E-state index contributed by atoms with van der Waals surface area (Å²) in [6.45, 7) is 3.46. The third kappa shape index (κ3) is 3.86. The molecule has 0 aromatic heterocycles. The minimum atomic E-state index is -0.436. The normalized spacial score (nSPS) is 18.6. The van der Waals surface area contributed by atoms with Gasteiger partial charge in [-0.3, -0.25) is 10.1 Å². The lowest BCUT2D eigenvalue weighted by molar-refractivity contribution is -0.384. The molecular weight excluding hydrogens is 308 g/mol. The van der Waals surface area contributed by atoms with Crippen LogP contribution in [0, 0.1) is 10.1 Å². The molecule has 1 aromatic rings. The second kappa shape index (κ2) is 7.73. The van der Waals surface area contributed by atoms with Crippen LogP contribution in [0.25, 0.3) is 0 Å². The van der Waals surface area contributed by atoms with Crippen molar-refractivity contribution in [3.63, 3.8) is 0 Å². The first-order valence-electron chi connectivity index (χ1n) is 7.18. The molecular formula is C14H21ClN4O3. The van der Waals surface area contributed by atoms with Crippen LogP contribution >= 0.6 is 11.6 Å². The van der Waals surface area contributed by atoms with E-state index < -0.39 is 4.92 Å². The third-order valence-corrected chi connectivity index (χ3v) is 4.22. The Labute approximate surface area is 134 Å². The summed E-state index contributed by atoms with van der Waals surface area (Å²) in [6, 6.07) is 3.20. The number of hydrazine groups is 1. The van der Waals surface area contributed by atoms with Crippen LogP contribution in [0.5, 0.6) is 0 Å². The molecule has 0 aliphatic carbocycles. The van der Waals surface area contributed by atoms with Crippen LogP contribution in [0.4, 0.5) is 11.4 Å². The summed E-state index contributed by atoms with van der Waals surface area (Å²) in [5.41, 5.74) is 6.89. The Bertz CT molecular complexity index is 541. The van der Waals surface area contributed by atoms with E-state index in [0.717, 1.165) is 31.6 Å². The number of rotatable bonds is 7. The summed E-state index contributed by atoms with van der Waals surface area (Å²) in [6.07, 6.45) is 0.986. The maximum absolute atomic E-state index is 11.1. The molecule has 2 rings (SSSR count). The lowest BCUT2D eigenvalue weighted by Crippen LogP contribution is -2.24. The van der Waals surface area contributed by atoms with Gasteiger partial charge in [-0.2, -0.15) is 0 Å². The van der Waals surface area contributed by atoms with Crippen molar-refractivity contribution in [3.05, 3.63) is 32.8 Å². The van der Waals surface area contributed by atoms with Crippen molar-refractivity contribution in [1.82, 2.24) is 10.3 Å². The van der Waals surface area contributed by atoms with Crippen molar-refractivity contribution in [3.8, 4) is 0 Å². The number of methoxy groups -OCH3 is 1. The molecule has 1 saturated heterocycles. The van der Waals surface area contributed by atoms with Gasteiger partial charge in [0.05, 0.1) is 16.6 Å². The number of anilines is 1. The first kappa shape index (κ1) is 17.0. The van der Waals surface area contributed by atoms with Gasteiger partial charge in [0, 0.05) is 33.3 Å². The molecule has 7 nitrogen and oxygen atoms in total. The quantitative estimate of drug-likeness (QED) is 0.590. The molecule has 0 radical (unpaired) electrons. The second-order valence-corrected chi connectivity index (χ2v) is 5.71. The molecule has 1 heterocycles. The van der Waals surface area contributed by atoms with Crippen molar-refractivity contribution < 1.29 is 9.66 Å². The SMILES string of the molecule is CNNc1cc(C2CCN(CCOC)C2)c(Cl)cc1[N+](=O)[O-]. The van der Waals surface area contributed by atoms with Gasteiger partial charge in [0.15, 0.2) is 0 Å². The molecule has 122 valence electrons. The van der Waals surface area contributed by atoms with Crippen LogP contribution in [0.2, 0.25) is 5.02 Å². The number of ether oxygens (including phenoxy) is 1. The van der Waals surface area contributed by atoms with E-state index in [1.165, 1.54) is 6.07 Å². The first-order chi connectivity index (χ1) is 10.6. The summed E-state index contributed by atoms with van der Waals surface area (Å²) in [5, 5.41) is 11.6. The number of benzene rings is 1. The molecule has 1 aliphatic heterocycles. The number of nitrogens with zero attached hydrogens (tertiary/aromatic N) is 2. The zero-order valence-corrected chi connectivity index (χ0v) is 13.5. The van der Waals surface area contributed by atoms with Crippen LogP contribution < -0.4 is 10.9 Å². The number of likely N-dealkylation sites (tertiary alicyclic amines) is 1. The third-order valence-electron chi connectivity index (χ3n) is 3.90. The van der Waals surface area contributed by atoms with E-state index in [1.807, 2.05) is 0 Å². The Balaban J connectivity index is 2.21. The van der Waals surface area contributed by atoms with E-state index in [-0.39, 0.29) is 11.6 Å². The van der Waals surface area contributed by atoms with Crippen LogP contribution in [0.3, 0.4) is 0 Å². The van der Waals surface area contributed by atoms with Crippen LogP contribution in [0.15, 0.2) is 12.1 Å². The maximum atomic E-state index is 11.1. The maximum Gasteiger partial charge on any atom is 0.295 e. The van der Waals surface area contributed by atoms with E-state index >= 15 is 0 Å². The minimum Gasteiger partial charge on any atom is -0.383 e. The highest BCUT2D eigenvalue weighted by atomic mass is 35.5. The van der Waals surface area contributed by atoms with Gasteiger partial charge in [0.1, 0.15) is 5.69 Å². The van der Waals surface area contributed by atoms with E-state index in [0.29, 0.717) is 17.3 Å². The van der Waals surface area contributed by atoms with Crippen molar-refractivity contribution in [2.24, 2.45) is 0 Å². The fourth-order valence-electron chi connectivity index (χ4n) is 2.79. The average Bonchev–Trinajstić information content (AvgIpc) is 2.95. The van der Waals surface area contributed by atoms with Gasteiger partial charge in [-0.05, 0) is 30.5 Å². The number of hydrogen-bond acceptors (Lipinski definition) is 6. The van der Waals surface area contributed by atoms with E-state index in [1.54, 1.807) is 20.2 Å². The topological polar surface area (TPSA) is 79.7 Å². The molecule has 22 heavy (non-hydrogen) atoms. The van der Waals surface area contributed by atoms with E-state index in [9.17, 15) is 10.1 Å². The summed E-state index contributed by atoms with van der Waals surface area (Å²) < 4.78 is 5.10. The fraction of sp³-hybridized carbons (Fsp3) is 0.571. The van der Waals surface area contributed by atoms with Gasteiger partial charge >= 0.3 is 0 Å². The van der Waals surface area contributed by atoms with Crippen LogP contribution in [0.1, 0.15) is 17.9 Å². The standard InChI is InChI=1S/C14H21ClN4O3/c1-16-17-13-7-11(12(15)8-14(13)19(20)21)10-3-4-18(9-10)5-6-22-2/h7-8,10,16-17H,3-6,9H2,1-2H3. The van der Waals surface area contributed by atoms with Gasteiger partial charge in [0.25, 0.3) is 5.69 Å². The molecule has 1 aliphatic rings. The van der Waals surface area contributed by atoms with Crippen molar-refractivity contribution in [2.75, 3.05) is 45.8 Å². The lowest BCUT2D eigenvalue weighted by atomic mass is 9.97. The van der Waals surface area contributed by atoms with Crippen LogP contribution in [-0.4, -0.2) is 50.2 Å². The molecule has 0 bridgehead atoms. The van der Waals surface area contributed by atoms with Gasteiger partial charge < -0.3 is 15.1 Å². The second-order valence-electron chi connectivity index (χ2n) is 5.30. The predicted octanol–water partition coefficient (Wildman–Crippen LogP) is 2.23. The minimum absolute atomic E-state index is 0.0302. The highest BCUT2D eigenvalue weighted by molar-refractivity contribution is 6.31. The molecule has 0 amide bonds. The molecule has 2 N–H and O–H groups in total. The molecule has 1 aromatic carbocycles. The Kier molecular flexibility index (Phi) is 5.96. The summed E-state index contributed by atoms with van der Waals surface area (Å²) in [7, 11) is 3.36. The predicted molar refractivity (Wildman–Crippen MR) is 86.5 cm³/mol. The van der Waals surface area contributed by atoms with E-state index in [2.05, 4.69) is 15.8 Å². The van der Waals surface area contributed by atoms with Gasteiger partial charge in [-0.15, -0.1) is 0 Å². The summed E-state index contributed by atoms with van der Waals surface area (Å²) >= 11 is 6.28. The molecule has 8 heteroatoms. The van der Waals surface area contributed by atoms with E-state index in [4.69, 9.17) is 16.3 Å².